The molecule has 0 atom stereocenters. The van der Waals surface area contributed by atoms with Crippen molar-refractivity contribution < 1.29 is 9.53 Å². The van der Waals surface area contributed by atoms with E-state index in [9.17, 15) is 4.79 Å². The van der Waals surface area contributed by atoms with Gasteiger partial charge in [-0.1, -0.05) is 59.6 Å². The van der Waals surface area contributed by atoms with Crippen molar-refractivity contribution >= 4 is 50.9 Å². The standard InChI is InChI=1S/C23H16ClNO2S/c1-15-10-12-17(13-11-15)25-14-16-6-2-4-8-19(16)27-23(26)22-21(24)18-7-3-5-9-20(18)28-22/h2-14H,1H3. The molecule has 1 heterocycles. The lowest BCUT2D eigenvalue weighted by Gasteiger charge is -2.06. The highest BCUT2D eigenvalue weighted by atomic mass is 35.5. The summed E-state index contributed by atoms with van der Waals surface area (Å²) in [5.41, 5.74) is 2.72. The molecule has 0 saturated carbocycles. The number of halogens is 1. The zero-order valence-electron chi connectivity index (χ0n) is 15.1. The van der Waals surface area contributed by atoms with E-state index >= 15 is 0 Å². The first-order chi connectivity index (χ1) is 13.6. The Morgan fingerprint density at radius 3 is 2.50 bits per heavy atom. The Balaban J connectivity index is 1.60. The smallest absolute Gasteiger partial charge is 0.355 e. The van der Waals surface area contributed by atoms with Gasteiger partial charge in [0, 0.05) is 21.9 Å². The summed E-state index contributed by atoms with van der Waals surface area (Å²) in [6.45, 7) is 2.03. The fraction of sp³-hybridized carbons (Fsp3) is 0.0435. The number of thiophene rings is 1. The van der Waals surface area contributed by atoms with Gasteiger partial charge in [0.15, 0.2) is 0 Å². The Kier molecular flexibility index (Phi) is 5.24. The number of carbonyl (C=O) groups excluding carboxylic acids is 1. The molecular formula is C23H16ClNO2S. The van der Waals surface area contributed by atoms with Gasteiger partial charge in [-0.25, -0.2) is 4.79 Å². The van der Waals surface area contributed by atoms with Crippen LogP contribution < -0.4 is 4.74 Å². The molecule has 3 nitrogen and oxygen atoms in total. The molecule has 0 aliphatic carbocycles. The van der Waals surface area contributed by atoms with Gasteiger partial charge in [-0.2, -0.15) is 0 Å². The first kappa shape index (κ1) is 18.4. The van der Waals surface area contributed by atoms with Crippen LogP contribution in [0.15, 0.2) is 77.8 Å². The highest BCUT2D eigenvalue weighted by Crippen LogP contribution is 2.36. The topological polar surface area (TPSA) is 38.7 Å². The van der Waals surface area contributed by atoms with Gasteiger partial charge in [-0.15, -0.1) is 11.3 Å². The van der Waals surface area contributed by atoms with Crippen molar-refractivity contribution in [3.05, 3.63) is 93.8 Å². The van der Waals surface area contributed by atoms with Crippen molar-refractivity contribution in [1.29, 1.82) is 0 Å². The molecule has 0 unspecified atom stereocenters. The van der Waals surface area contributed by atoms with Crippen LogP contribution in [0.5, 0.6) is 5.75 Å². The van der Waals surface area contributed by atoms with Gasteiger partial charge in [0.2, 0.25) is 0 Å². The van der Waals surface area contributed by atoms with E-state index in [2.05, 4.69) is 4.99 Å². The number of fused-ring (bicyclic) bond motifs is 1. The van der Waals surface area contributed by atoms with E-state index in [4.69, 9.17) is 16.3 Å². The number of aryl methyl sites for hydroxylation is 1. The SMILES string of the molecule is Cc1ccc(N=Cc2ccccc2OC(=O)c2sc3ccccc3c2Cl)cc1. The van der Waals surface area contributed by atoms with E-state index in [1.807, 2.05) is 73.7 Å². The first-order valence-corrected chi connectivity index (χ1v) is 9.90. The van der Waals surface area contributed by atoms with E-state index in [1.165, 1.54) is 16.9 Å². The third-order valence-electron chi connectivity index (χ3n) is 4.23. The van der Waals surface area contributed by atoms with E-state index in [1.54, 1.807) is 12.3 Å². The highest BCUT2D eigenvalue weighted by Gasteiger charge is 2.19. The van der Waals surface area contributed by atoms with E-state index < -0.39 is 5.97 Å². The summed E-state index contributed by atoms with van der Waals surface area (Å²) in [7, 11) is 0. The molecule has 0 aliphatic heterocycles. The Morgan fingerprint density at radius 2 is 1.71 bits per heavy atom. The van der Waals surface area contributed by atoms with Crippen molar-refractivity contribution in [2.45, 2.75) is 6.92 Å². The van der Waals surface area contributed by atoms with Crippen molar-refractivity contribution in [3.63, 3.8) is 0 Å². The first-order valence-electron chi connectivity index (χ1n) is 8.71. The maximum Gasteiger partial charge on any atom is 0.355 e. The zero-order valence-corrected chi connectivity index (χ0v) is 16.6. The molecule has 0 amide bonds. The summed E-state index contributed by atoms with van der Waals surface area (Å²) < 4.78 is 6.60. The van der Waals surface area contributed by atoms with Gasteiger partial charge in [-0.05, 0) is 37.3 Å². The Morgan fingerprint density at radius 1 is 1.00 bits per heavy atom. The number of carbonyl (C=O) groups is 1. The van der Waals surface area contributed by atoms with Crippen molar-refractivity contribution in [1.82, 2.24) is 0 Å². The molecule has 138 valence electrons. The zero-order chi connectivity index (χ0) is 19.5. The molecule has 0 spiro atoms. The Labute approximate surface area is 171 Å². The fourth-order valence-electron chi connectivity index (χ4n) is 2.75. The molecule has 0 N–H and O–H groups in total. The molecule has 0 radical (unpaired) electrons. The molecule has 1 aromatic heterocycles. The van der Waals surface area contributed by atoms with Crippen LogP contribution in [0.3, 0.4) is 0 Å². The van der Waals surface area contributed by atoms with Crippen LogP contribution in [-0.4, -0.2) is 12.2 Å². The van der Waals surface area contributed by atoms with Crippen LogP contribution >= 0.6 is 22.9 Å². The molecule has 0 fully saturated rings. The van der Waals surface area contributed by atoms with Crippen LogP contribution in [0.1, 0.15) is 20.8 Å². The highest BCUT2D eigenvalue weighted by molar-refractivity contribution is 7.21. The number of benzene rings is 3. The van der Waals surface area contributed by atoms with Gasteiger partial charge in [0.1, 0.15) is 10.6 Å². The average Bonchev–Trinajstić information content (AvgIpc) is 3.06. The normalized spacial score (nSPS) is 11.2. The summed E-state index contributed by atoms with van der Waals surface area (Å²) in [6.07, 6.45) is 1.69. The number of aliphatic imine (C=N–C) groups is 1. The number of esters is 1. The summed E-state index contributed by atoms with van der Waals surface area (Å²) in [6, 6.07) is 22.8. The molecular weight excluding hydrogens is 390 g/mol. The number of para-hydroxylation sites is 1. The number of nitrogens with zero attached hydrogens (tertiary/aromatic N) is 1. The maximum absolute atomic E-state index is 12.7. The third kappa shape index (κ3) is 3.84. The number of ether oxygens (including phenoxy) is 1. The molecule has 4 rings (SSSR count). The van der Waals surface area contributed by atoms with E-state index in [0.717, 1.165) is 15.8 Å². The second kappa shape index (κ2) is 7.97. The lowest BCUT2D eigenvalue weighted by Crippen LogP contribution is -2.08. The summed E-state index contributed by atoms with van der Waals surface area (Å²) >= 11 is 7.72. The van der Waals surface area contributed by atoms with Crippen molar-refractivity contribution in [2.75, 3.05) is 0 Å². The molecule has 0 aliphatic rings. The van der Waals surface area contributed by atoms with Gasteiger partial charge in [0.05, 0.1) is 10.7 Å². The summed E-state index contributed by atoms with van der Waals surface area (Å²) in [5, 5.41) is 1.28. The Bertz CT molecular complexity index is 1180. The fourth-order valence-corrected chi connectivity index (χ4v) is 4.13. The van der Waals surface area contributed by atoms with Crippen molar-refractivity contribution in [2.24, 2.45) is 4.99 Å². The van der Waals surface area contributed by atoms with Crippen LogP contribution in [0.4, 0.5) is 5.69 Å². The van der Waals surface area contributed by atoms with Crippen LogP contribution in [0.25, 0.3) is 10.1 Å². The van der Waals surface area contributed by atoms with Crippen LogP contribution in [0, 0.1) is 6.92 Å². The molecule has 3 aromatic carbocycles. The quantitative estimate of drug-likeness (QED) is 0.212. The minimum Gasteiger partial charge on any atom is -0.422 e. The second-order valence-corrected chi connectivity index (χ2v) is 7.69. The molecule has 0 saturated heterocycles. The largest absolute Gasteiger partial charge is 0.422 e. The lowest BCUT2D eigenvalue weighted by atomic mass is 10.2. The monoisotopic (exact) mass is 405 g/mol. The minimum atomic E-state index is -0.470. The summed E-state index contributed by atoms with van der Waals surface area (Å²) in [4.78, 5) is 17.6. The molecule has 0 bridgehead atoms. The summed E-state index contributed by atoms with van der Waals surface area (Å²) in [5.74, 6) is -0.0285. The third-order valence-corrected chi connectivity index (χ3v) is 5.88. The predicted octanol–water partition coefficient (Wildman–Crippen LogP) is 6.83. The van der Waals surface area contributed by atoms with Crippen LogP contribution in [0.2, 0.25) is 5.02 Å². The Hall–Kier alpha value is -2.95. The maximum atomic E-state index is 12.7. The molecule has 5 heteroatoms. The number of rotatable bonds is 4. The van der Waals surface area contributed by atoms with Gasteiger partial charge in [0.25, 0.3) is 0 Å². The van der Waals surface area contributed by atoms with E-state index in [0.29, 0.717) is 21.2 Å². The minimum absolute atomic E-state index is 0.396. The second-order valence-electron chi connectivity index (χ2n) is 6.26. The number of hydrogen-bond acceptors (Lipinski definition) is 4. The average molecular weight is 406 g/mol. The van der Waals surface area contributed by atoms with Gasteiger partial charge < -0.3 is 4.74 Å². The van der Waals surface area contributed by atoms with Crippen LogP contribution in [-0.2, 0) is 0 Å². The van der Waals surface area contributed by atoms with Gasteiger partial charge >= 0.3 is 5.97 Å². The lowest BCUT2D eigenvalue weighted by molar-refractivity contribution is 0.0740. The molecule has 28 heavy (non-hydrogen) atoms. The number of hydrogen-bond donors (Lipinski definition) is 0. The predicted molar refractivity (Wildman–Crippen MR) is 117 cm³/mol. The van der Waals surface area contributed by atoms with E-state index in [-0.39, 0.29) is 0 Å². The molecule has 4 aromatic rings. The van der Waals surface area contributed by atoms with Crippen molar-refractivity contribution in [3.8, 4) is 5.75 Å². The van der Waals surface area contributed by atoms with Gasteiger partial charge in [-0.3, -0.25) is 4.99 Å².